The minimum absolute atomic E-state index is 0.401. The van der Waals surface area contributed by atoms with Crippen LogP contribution in [0.25, 0.3) is 0 Å². The third-order valence-electron chi connectivity index (χ3n) is 5.18. The fraction of sp³-hybridized carbons (Fsp3) is 0.417. The summed E-state index contributed by atoms with van der Waals surface area (Å²) in [6, 6.07) is 22.3. The summed E-state index contributed by atoms with van der Waals surface area (Å²) in [4.78, 5) is 2.65. The van der Waals surface area contributed by atoms with E-state index in [1.165, 1.54) is 24.0 Å². The summed E-state index contributed by atoms with van der Waals surface area (Å²) in [5, 5.41) is 0. The molecule has 1 fully saturated rings. The lowest BCUT2D eigenvalue weighted by Crippen LogP contribution is -2.38. The first-order chi connectivity index (χ1) is 12.7. The molecule has 2 aromatic rings. The van der Waals surface area contributed by atoms with Crippen LogP contribution in [0.1, 0.15) is 43.7 Å². The van der Waals surface area contributed by atoms with Crippen LogP contribution in [0.3, 0.4) is 0 Å². The van der Waals surface area contributed by atoms with Crippen molar-refractivity contribution >= 4 is 0 Å². The zero-order valence-corrected chi connectivity index (χ0v) is 15.9. The van der Waals surface area contributed by atoms with Gasteiger partial charge in [-0.1, -0.05) is 72.8 Å². The van der Waals surface area contributed by atoms with Crippen molar-refractivity contribution in [3.63, 3.8) is 0 Å². The van der Waals surface area contributed by atoms with E-state index in [0.29, 0.717) is 18.8 Å². The predicted octanol–water partition coefficient (Wildman–Crippen LogP) is 5.59. The highest BCUT2D eigenvalue weighted by Gasteiger charge is 2.26. The molecule has 1 saturated carbocycles. The maximum atomic E-state index is 5.99. The minimum atomic E-state index is 0.401. The van der Waals surface area contributed by atoms with Gasteiger partial charge in [0.15, 0.2) is 0 Å². The fourth-order valence-electron chi connectivity index (χ4n) is 3.79. The Balaban J connectivity index is 1.63. The third-order valence-corrected chi connectivity index (χ3v) is 5.18. The largest absolute Gasteiger partial charge is 0.374 e. The standard InChI is InChI=1S/C24H31NO/c1-20(2)19-26-24-15-13-23(14-16-24)25(17-21-9-5-3-6-10-21)18-22-11-7-4-8-12-22/h3-12,23-24H,1,13-19H2,2H3/t23-,24-. The van der Waals surface area contributed by atoms with Crippen LogP contribution < -0.4 is 0 Å². The van der Waals surface area contributed by atoms with Crippen molar-refractivity contribution in [2.24, 2.45) is 0 Å². The Morgan fingerprint density at radius 1 is 0.885 bits per heavy atom. The van der Waals surface area contributed by atoms with Crippen LogP contribution >= 0.6 is 0 Å². The topological polar surface area (TPSA) is 12.5 Å². The van der Waals surface area contributed by atoms with Crippen LogP contribution in [0.5, 0.6) is 0 Å². The molecular formula is C24H31NO. The van der Waals surface area contributed by atoms with Crippen molar-refractivity contribution in [1.29, 1.82) is 0 Å². The van der Waals surface area contributed by atoms with E-state index in [9.17, 15) is 0 Å². The first-order valence-electron chi connectivity index (χ1n) is 9.78. The SMILES string of the molecule is C=C(C)CO[C@H]1CC[C@H](N(Cc2ccccc2)Cc2ccccc2)CC1. The zero-order valence-electron chi connectivity index (χ0n) is 15.9. The highest BCUT2D eigenvalue weighted by Crippen LogP contribution is 2.28. The molecule has 1 aliphatic carbocycles. The molecule has 1 aliphatic rings. The van der Waals surface area contributed by atoms with Gasteiger partial charge in [-0.25, -0.2) is 0 Å². The number of benzene rings is 2. The Morgan fingerprint density at radius 3 is 1.85 bits per heavy atom. The Labute approximate surface area is 158 Å². The van der Waals surface area contributed by atoms with Crippen molar-refractivity contribution < 1.29 is 4.74 Å². The van der Waals surface area contributed by atoms with Gasteiger partial charge in [-0.05, 0) is 43.7 Å². The Kier molecular flexibility index (Phi) is 7.04. The van der Waals surface area contributed by atoms with Gasteiger partial charge in [0, 0.05) is 19.1 Å². The van der Waals surface area contributed by atoms with Crippen molar-refractivity contribution in [1.82, 2.24) is 4.90 Å². The summed E-state index contributed by atoms with van der Waals surface area (Å²) < 4.78 is 5.99. The molecule has 0 bridgehead atoms. The van der Waals surface area contributed by atoms with E-state index in [1.807, 2.05) is 6.92 Å². The molecule has 0 N–H and O–H groups in total. The molecule has 0 spiro atoms. The molecule has 0 aromatic heterocycles. The second kappa shape index (κ2) is 9.70. The third kappa shape index (κ3) is 5.82. The van der Waals surface area contributed by atoms with Crippen LogP contribution in [0.15, 0.2) is 72.8 Å². The highest BCUT2D eigenvalue weighted by molar-refractivity contribution is 5.17. The quantitative estimate of drug-likeness (QED) is 0.576. The molecule has 0 heterocycles. The van der Waals surface area contributed by atoms with E-state index in [1.54, 1.807) is 0 Å². The maximum absolute atomic E-state index is 5.99. The lowest BCUT2D eigenvalue weighted by molar-refractivity contribution is 0.0149. The van der Waals surface area contributed by atoms with E-state index < -0.39 is 0 Å². The Hall–Kier alpha value is -1.90. The average Bonchev–Trinajstić information content (AvgIpc) is 2.68. The van der Waals surface area contributed by atoms with Crippen LogP contribution in [-0.4, -0.2) is 23.7 Å². The van der Waals surface area contributed by atoms with Gasteiger partial charge in [-0.3, -0.25) is 4.90 Å². The highest BCUT2D eigenvalue weighted by atomic mass is 16.5. The zero-order chi connectivity index (χ0) is 18.2. The molecule has 138 valence electrons. The van der Waals surface area contributed by atoms with Gasteiger partial charge in [0.2, 0.25) is 0 Å². The second-order valence-electron chi connectivity index (χ2n) is 7.57. The Morgan fingerprint density at radius 2 is 1.38 bits per heavy atom. The molecule has 0 saturated heterocycles. The number of hydrogen-bond acceptors (Lipinski definition) is 2. The van der Waals surface area contributed by atoms with Crippen molar-refractivity contribution in [2.75, 3.05) is 6.61 Å². The molecule has 0 atom stereocenters. The number of nitrogens with zero attached hydrogens (tertiary/aromatic N) is 1. The molecule has 0 amide bonds. The molecule has 26 heavy (non-hydrogen) atoms. The van der Waals surface area contributed by atoms with Gasteiger partial charge in [-0.15, -0.1) is 0 Å². The second-order valence-corrected chi connectivity index (χ2v) is 7.57. The molecule has 2 heteroatoms. The summed E-state index contributed by atoms with van der Waals surface area (Å²) in [6.45, 7) is 8.70. The van der Waals surface area contributed by atoms with Crippen LogP contribution in [0, 0.1) is 0 Å². The maximum Gasteiger partial charge on any atom is 0.0675 e. The predicted molar refractivity (Wildman–Crippen MR) is 109 cm³/mol. The number of ether oxygens (including phenoxy) is 1. The van der Waals surface area contributed by atoms with E-state index >= 15 is 0 Å². The summed E-state index contributed by atoms with van der Waals surface area (Å²) in [5.41, 5.74) is 3.90. The normalized spacial score (nSPS) is 20.2. The van der Waals surface area contributed by atoms with Gasteiger partial charge in [-0.2, -0.15) is 0 Å². The number of rotatable bonds is 8. The molecule has 0 aliphatic heterocycles. The van der Waals surface area contributed by atoms with Gasteiger partial charge < -0.3 is 4.74 Å². The average molecular weight is 350 g/mol. The number of hydrogen-bond donors (Lipinski definition) is 0. The van der Waals surface area contributed by atoms with Gasteiger partial charge in [0.05, 0.1) is 12.7 Å². The van der Waals surface area contributed by atoms with E-state index in [4.69, 9.17) is 4.74 Å². The Bertz CT molecular complexity index is 618. The molecule has 0 radical (unpaired) electrons. The van der Waals surface area contributed by atoms with Crippen molar-refractivity contribution in [3.05, 3.63) is 83.9 Å². The molecule has 2 aromatic carbocycles. The van der Waals surface area contributed by atoms with Gasteiger partial charge in [0.25, 0.3) is 0 Å². The van der Waals surface area contributed by atoms with Crippen LogP contribution in [0.4, 0.5) is 0 Å². The molecule has 0 unspecified atom stereocenters. The monoisotopic (exact) mass is 349 g/mol. The van der Waals surface area contributed by atoms with E-state index in [0.717, 1.165) is 31.5 Å². The fourth-order valence-corrected chi connectivity index (χ4v) is 3.79. The van der Waals surface area contributed by atoms with E-state index in [2.05, 4.69) is 72.1 Å². The van der Waals surface area contributed by atoms with Gasteiger partial charge >= 0.3 is 0 Å². The van der Waals surface area contributed by atoms with Gasteiger partial charge in [0.1, 0.15) is 0 Å². The first-order valence-corrected chi connectivity index (χ1v) is 9.78. The first kappa shape index (κ1) is 18.9. The lowest BCUT2D eigenvalue weighted by atomic mass is 9.91. The lowest BCUT2D eigenvalue weighted by Gasteiger charge is -2.37. The summed E-state index contributed by atoms with van der Waals surface area (Å²) in [6.07, 6.45) is 5.12. The van der Waals surface area contributed by atoms with Crippen LogP contribution in [-0.2, 0) is 17.8 Å². The van der Waals surface area contributed by atoms with Crippen molar-refractivity contribution in [3.8, 4) is 0 Å². The van der Waals surface area contributed by atoms with Crippen LogP contribution in [0.2, 0.25) is 0 Å². The minimum Gasteiger partial charge on any atom is -0.374 e. The summed E-state index contributed by atoms with van der Waals surface area (Å²) in [5.74, 6) is 0. The van der Waals surface area contributed by atoms with Crippen molar-refractivity contribution in [2.45, 2.75) is 57.8 Å². The summed E-state index contributed by atoms with van der Waals surface area (Å²) >= 11 is 0. The molecular weight excluding hydrogens is 318 g/mol. The smallest absolute Gasteiger partial charge is 0.0675 e. The summed E-state index contributed by atoms with van der Waals surface area (Å²) in [7, 11) is 0. The molecule has 3 rings (SSSR count). The van der Waals surface area contributed by atoms with E-state index in [-0.39, 0.29) is 0 Å². The molecule has 2 nitrogen and oxygen atoms in total.